The van der Waals surface area contributed by atoms with Crippen LogP contribution in [0.2, 0.25) is 5.02 Å². The van der Waals surface area contributed by atoms with Gasteiger partial charge in [0.1, 0.15) is 0 Å². The van der Waals surface area contributed by atoms with Crippen LogP contribution in [0.4, 0.5) is 0 Å². The first-order valence-corrected chi connectivity index (χ1v) is 8.53. The first-order valence-electron chi connectivity index (χ1n) is 7.36. The monoisotopic (exact) mass is 358 g/mol. The summed E-state index contributed by atoms with van der Waals surface area (Å²) in [5.74, 6) is 0. The average molecular weight is 360 g/mol. The second-order valence-electron chi connectivity index (χ2n) is 6.03. The molecule has 0 aromatic heterocycles. The van der Waals surface area contributed by atoms with E-state index in [0.717, 1.165) is 22.6 Å². The third-order valence-electron chi connectivity index (χ3n) is 4.50. The SMILES string of the molecule is CN(C)C1(CNCc2ccc(Br)c(Cl)c2)CCCCC1. The fraction of sp³-hybridized carbons (Fsp3) is 0.625. The lowest BCUT2D eigenvalue weighted by molar-refractivity contribution is 0.0984. The topological polar surface area (TPSA) is 15.3 Å². The van der Waals surface area contributed by atoms with Gasteiger partial charge in [0.05, 0.1) is 5.02 Å². The summed E-state index contributed by atoms with van der Waals surface area (Å²) in [5.41, 5.74) is 1.57. The van der Waals surface area contributed by atoms with Gasteiger partial charge in [0, 0.05) is 23.1 Å². The molecule has 0 heterocycles. The zero-order chi connectivity index (χ0) is 14.6. The fourth-order valence-electron chi connectivity index (χ4n) is 3.08. The van der Waals surface area contributed by atoms with Crippen LogP contribution in [-0.2, 0) is 6.54 Å². The number of likely N-dealkylation sites (N-methyl/N-ethyl adjacent to an activating group) is 1. The van der Waals surface area contributed by atoms with Crippen molar-refractivity contribution < 1.29 is 0 Å². The summed E-state index contributed by atoms with van der Waals surface area (Å²) >= 11 is 9.57. The van der Waals surface area contributed by atoms with Crippen molar-refractivity contribution in [1.82, 2.24) is 10.2 Å². The summed E-state index contributed by atoms with van der Waals surface area (Å²) in [7, 11) is 4.42. The van der Waals surface area contributed by atoms with E-state index >= 15 is 0 Å². The molecule has 0 atom stereocenters. The highest BCUT2D eigenvalue weighted by atomic mass is 79.9. The maximum absolute atomic E-state index is 6.14. The van der Waals surface area contributed by atoms with E-state index in [1.54, 1.807) is 0 Å². The van der Waals surface area contributed by atoms with Crippen molar-refractivity contribution in [3.05, 3.63) is 33.3 Å². The van der Waals surface area contributed by atoms with Gasteiger partial charge >= 0.3 is 0 Å². The van der Waals surface area contributed by atoms with Gasteiger partial charge in [-0.3, -0.25) is 0 Å². The van der Waals surface area contributed by atoms with Crippen molar-refractivity contribution in [1.29, 1.82) is 0 Å². The molecule has 1 fully saturated rings. The minimum Gasteiger partial charge on any atom is -0.311 e. The standard InChI is InChI=1S/C16H24BrClN2/c1-20(2)16(8-4-3-5-9-16)12-19-11-13-6-7-14(17)15(18)10-13/h6-7,10,19H,3-5,8-9,11-12H2,1-2H3. The third-order valence-corrected chi connectivity index (χ3v) is 5.73. The fourth-order valence-corrected chi connectivity index (χ4v) is 3.53. The molecule has 0 aliphatic heterocycles. The van der Waals surface area contributed by atoms with Gasteiger partial charge in [-0.1, -0.05) is 36.9 Å². The van der Waals surface area contributed by atoms with Gasteiger partial charge in [0.25, 0.3) is 0 Å². The van der Waals surface area contributed by atoms with Crippen LogP contribution in [0.1, 0.15) is 37.7 Å². The van der Waals surface area contributed by atoms with Crippen LogP contribution in [0.3, 0.4) is 0 Å². The Labute approximate surface area is 136 Å². The Kier molecular flexibility index (Phi) is 5.91. The highest BCUT2D eigenvalue weighted by Gasteiger charge is 2.33. The average Bonchev–Trinajstić information content (AvgIpc) is 2.44. The van der Waals surface area contributed by atoms with Crippen molar-refractivity contribution in [2.24, 2.45) is 0 Å². The second kappa shape index (κ2) is 7.26. The van der Waals surface area contributed by atoms with E-state index in [1.807, 2.05) is 12.1 Å². The zero-order valence-corrected chi connectivity index (χ0v) is 14.7. The van der Waals surface area contributed by atoms with Gasteiger partial charge in [0.2, 0.25) is 0 Å². The number of nitrogens with one attached hydrogen (secondary N) is 1. The number of rotatable bonds is 5. The van der Waals surface area contributed by atoms with Crippen LogP contribution in [-0.4, -0.2) is 31.1 Å². The quantitative estimate of drug-likeness (QED) is 0.835. The minimum absolute atomic E-state index is 0.331. The van der Waals surface area contributed by atoms with Gasteiger partial charge in [-0.05, 0) is 60.6 Å². The van der Waals surface area contributed by atoms with Crippen LogP contribution in [0.15, 0.2) is 22.7 Å². The van der Waals surface area contributed by atoms with Crippen LogP contribution in [0.5, 0.6) is 0 Å². The van der Waals surface area contributed by atoms with E-state index in [2.05, 4.69) is 46.3 Å². The largest absolute Gasteiger partial charge is 0.311 e. The van der Waals surface area contributed by atoms with Crippen molar-refractivity contribution in [3.63, 3.8) is 0 Å². The predicted molar refractivity (Wildman–Crippen MR) is 90.4 cm³/mol. The number of nitrogens with zero attached hydrogens (tertiary/aromatic N) is 1. The smallest absolute Gasteiger partial charge is 0.0551 e. The predicted octanol–water partition coefficient (Wildman–Crippen LogP) is 4.46. The molecule has 1 aromatic carbocycles. The van der Waals surface area contributed by atoms with Gasteiger partial charge < -0.3 is 10.2 Å². The van der Waals surface area contributed by atoms with E-state index < -0.39 is 0 Å². The van der Waals surface area contributed by atoms with Gasteiger partial charge in [-0.15, -0.1) is 0 Å². The molecule has 1 aromatic rings. The highest BCUT2D eigenvalue weighted by molar-refractivity contribution is 9.10. The molecule has 0 bridgehead atoms. The minimum atomic E-state index is 0.331. The third kappa shape index (κ3) is 3.97. The molecule has 112 valence electrons. The summed E-state index contributed by atoms with van der Waals surface area (Å²) in [6.07, 6.45) is 6.69. The molecule has 1 aliphatic carbocycles. The van der Waals surface area contributed by atoms with Crippen molar-refractivity contribution in [2.75, 3.05) is 20.6 Å². The molecule has 0 spiro atoms. The molecular weight excluding hydrogens is 336 g/mol. The maximum Gasteiger partial charge on any atom is 0.0551 e. The molecule has 4 heteroatoms. The van der Waals surface area contributed by atoms with Gasteiger partial charge in [-0.2, -0.15) is 0 Å². The molecule has 2 rings (SSSR count). The van der Waals surface area contributed by atoms with E-state index in [-0.39, 0.29) is 0 Å². The Morgan fingerprint density at radius 1 is 1.25 bits per heavy atom. The number of hydrogen-bond donors (Lipinski definition) is 1. The number of hydrogen-bond acceptors (Lipinski definition) is 2. The summed E-state index contributed by atoms with van der Waals surface area (Å²) in [5, 5.41) is 4.41. The first-order chi connectivity index (χ1) is 9.53. The molecule has 0 saturated heterocycles. The Morgan fingerprint density at radius 3 is 2.55 bits per heavy atom. The van der Waals surface area contributed by atoms with E-state index in [1.165, 1.54) is 37.7 Å². The number of benzene rings is 1. The first kappa shape index (κ1) is 16.3. The number of halogens is 2. The molecule has 1 aliphatic rings. The molecular formula is C16H24BrClN2. The molecule has 2 nitrogen and oxygen atoms in total. The van der Waals surface area contributed by atoms with Crippen LogP contribution in [0, 0.1) is 0 Å². The molecule has 0 amide bonds. The Bertz CT molecular complexity index is 442. The molecule has 1 saturated carbocycles. The molecule has 0 radical (unpaired) electrons. The Morgan fingerprint density at radius 2 is 1.95 bits per heavy atom. The Hall–Kier alpha value is -0.0900. The summed E-state index contributed by atoms with van der Waals surface area (Å²) < 4.78 is 0.958. The molecule has 20 heavy (non-hydrogen) atoms. The molecule has 1 N–H and O–H groups in total. The summed E-state index contributed by atoms with van der Waals surface area (Å²) in [6, 6.07) is 6.16. The highest BCUT2D eigenvalue weighted by Crippen LogP contribution is 2.31. The Balaban J connectivity index is 1.91. The van der Waals surface area contributed by atoms with E-state index in [4.69, 9.17) is 11.6 Å². The van der Waals surface area contributed by atoms with Crippen LogP contribution < -0.4 is 5.32 Å². The van der Waals surface area contributed by atoms with Crippen LogP contribution in [0.25, 0.3) is 0 Å². The summed E-state index contributed by atoms with van der Waals surface area (Å²) in [4.78, 5) is 2.41. The van der Waals surface area contributed by atoms with Crippen molar-refractivity contribution in [2.45, 2.75) is 44.2 Å². The maximum atomic E-state index is 6.14. The van der Waals surface area contributed by atoms with E-state index in [9.17, 15) is 0 Å². The van der Waals surface area contributed by atoms with Crippen LogP contribution >= 0.6 is 27.5 Å². The van der Waals surface area contributed by atoms with Gasteiger partial charge in [0.15, 0.2) is 0 Å². The van der Waals surface area contributed by atoms with E-state index in [0.29, 0.717) is 5.54 Å². The van der Waals surface area contributed by atoms with Crippen molar-refractivity contribution >= 4 is 27.5 Å². The molecule has 0 unspecified atom stereocenters. The lowest BCUT2D eigenvalue weighted by Gasteiger charge is -2.43. The lowest BCUT2D eigenvalue weighted by atomic mass is 9.80. The van der Waals surface area contributed by atoms with Crippen molar-refractivity contribution in [3.8, 4) is 0 Å². The second-order valence-corrected chi connectivity index (χ2v) is 7.29. The van der Waals surface area contributed by atoms with Gasteiger partial charge in [-0.25, -0.2) is 0 Å². The lowest BCUT2D eigenvalue weighted by Crippen LogP contribution is -2.52. The zero-order valence-electron chi connectivity index (χ0n) is 12.4. The normalized spacial score (nSPS) is 18.4. The summed E-state index contributed by atoms with van der Waals surface area (Å²) in [6.45, 7) is 1.93.